The summed E-state index contributed by atoms with van der Waals surface area (Å²) >= 11 is 0. The van der Waals surface area contributed by atoms with Crippen molar-refractivity contribution >= 4 is 10.4 Å². The van der Waals surface area contributed by atoms with Crippen LogP contribution in [0.3, 0.4) is 0 Å². The highest BCUT2D eigenvalue weighted by Gasteiger charge is 2.46. The minimum Gasteiger partial charge on any atom is -0.479 e. The Hall–Kier alpha value is -2.08. The molecule has 2 aliphatic rings. The number of nitrogens with one attached hydrogen (secondary N) is 1. The lowest BCUT2D eigenvalue weighted by molar-refractivity contribution is -0.143. The molecule has 7 nitrogen and oxygen atoms in total. The summed E-state index contributed by atoms with van der Waals surface area (Å²) in [4.78, 5) is 0. The van der Waals surface area contributed by atoms with Crippen LogP contribution in [0.2, 0.25) is 0 Å². The van der Waals surface area contributed by atoms with Crippen LogP contribution in [-0.4, -0.2) is 35.2 Å². The summed E-state index contributed by atoms with van der Waals surface area (Å²) in [5.41, 5.74) is -0.265. The van der Waals surface area contributed by atoms with Crippen LogP contribution >= 0.6 is 0 Å². The highest BCUT2D eigenvalue weighted by atomic mass is 32.3. The van der Waals surface area contributed by atoms with Crippen LogP contribution in [0.1, 0.15) is 24.2 Å². The van der Waals surface area contributed by atoms with Crippen LogP contribution in [-0.2, 0) is 22.2 Å². The predicted octanol–water partition coefficient (Wildman–Crippen LogP) is 2.81. The minimum absolute atomic E-state index is 0.457. The molecule has 2 aromatic rings. The Kier molecular flexibility index (Phi) is 4.97. The molecule has 0 atom stereocenters. The average molecular weight is 406 g/mol. The molecule has 1 spiro atoms. The van der Waals surface area contributed by atoms with Crippen LogP contribution < -0.4 is 10.1 Å². The second-order valence-corrected chi connectivity index (χ2v) is 7.09. The van der Waals surface area contributed by atoms with E-state index in [-0.39, 0.29) is 0 Å². The standard InChI is InChI=1S/C16H15F3N2O.H2O4S/c17-16(18,19)14-6-5-13-15(7-9-20-10-8-15)22-12-4-2-1-3-11(12)21(13)14;1-5(2,3)4/h1-6,20H,7-10H2;(H2,1,2,3,4). The van der Waals surface area contributed by atoms with Crippen LogP contribution in [0.25, 0.3) is 5.69 Å². The molecule has 148 valence electrons. The van der Waals surface area contributed by atoms with E-state index < -0.39 is 27.9 Å². The van der Waals surface area contributed by atoms with Gasteiger partial charge in [-0.3, -0.25) is 9.11 Å². The summed E-state index contributed by atoms with van der Waals surface area (Å²) in [7, 11) is -4.67. The third kappa shape index (κ3) is 4.10. The Bertz CT molecular complexity index is 926. The van der Waals surface area contributed by atoms with E-state index in [1.165, 1.54) is 4.57 Å². The predicted molar refractivity (Wildman–Crippen MR) is 89.4 cm³/mol. The van der Waals surface area contributed by atoms with E-state index in [0.29, 0.717) is 30.0 Å². The van der Waals surface area contributed by atoms with Crippen LogP contribution in [0, 0.1) is 0 Å². The quantitative estimate of drug-likeness (QED) is 0.582. The first kappa shape index (κ1) is 19.7. The van der Waals surface area contributed by atoms with Crippen molar-refractivity contribution in [2.75, 3.05) is 13.1 Å². The Morgan fingerprint density at radius 2 is 1.67 bits per heavy atom. The van der Waals surface area contributed by atoms with Crippen molar-refractivity contribution in [2.24, 2.45) is 0 Å². The van der Waals surface area contributed by atoms with Crippen LogP contribution in [0.5, 0.6) is 5.75 Å². The van der Waals surface area contributed by atoms with Gasteiger partial charge in [-0.15, -0.1) is 0 Å². The van der Waals surface area contributed by atoms with Gasteiger partial charge in [0, 0.05) is 12.8 Å². The van der Waals surface area contributed by atoms with Crippen LogP contribution in [0.15, 0.2) is 36.4 Å². The molecule has 0 radical (unpaired) electrons. The second-order valence-electron chi connectivity index (χ2n) is 6.20. The zero-order valence-electron chi connectivity index (χ0n) is 13.9. The smallest absolute Gasteiger partial charge is 0.431 e. The van der Waals surface area contributed by atoms with Crippen molar-refractivity contribution in [2.45, 2.75) is 24.6 Å². The average Bonchev–Trinajstić information content (AvgIpc) is 3.01. The number of nitrogens with zero attached hydrogens (tertiary/aromatic N) is 1. The number of piperidine rings is 1. The summed E-state index contributed by atoms with van der Waals surface area (Å²) in [6.07, 6.45) is -3.08. The van der Waals surface area contributed by atoms with Gasteiger partial charge in [0.2, 0.25) is 0 Å². The maximum Gasteiger partial charge on any atom is 0.431 e. The monoisotopic (exact) mass is 406 g/mol. The van der Waals surface area contributed by atoms with Crippen molar-refractivity contribution < 1.29 is 35.4 Å². The third-order valence-corrected chi connectivity index (χ3v) is 4.46. The number of ether oxygens (including phenoxy) is 1. The SMILES string of the molecule is FC(F)(F)c1ccc2n1-c1ccccc1OC21CCNCC1.O=S(=O)(O)O. The molecule has 1 aromatic carbocycles. The Labute approximate surface area is 153 Å². The van der Waals surface area contributed by atoms with Gasteiger partial charge in [0.15, 0.2) is 5.60 Å². The van der Waals surface area contributed by atoms with Gasteiger partial charge in [0.25, 0.3) is 0 Å². The summed E-state index contributed by atoms with van der Waals surface area (Å²) in [5.74, 6) is 0.513. The van der Waals surface area contributed by atoms with Crippen molar-refractivity contribution in [1.82, 2.24) is 9.88 Å². The van der Waals surface area contributed by atoms with E-state index in [1.807, 2.05) is 0 Å². The van der Waals surface area contributed by atoms with Gasteiger partial charge < -0.3 is 14.6 Å². The number of benzene rings is 1. The molecular formula is C16H17F3N2O5S. The van der Waals surface area contributed by atoms with E-state index in [0.717, 1.165) is 19.2 Å². The van der Waals surface area contributed by atoms with Crippen molar-refractivity contribution in [3.8, 4) is 11.4 Å². The molecule has 0 bridgehead atoms. The zero-order chi connectivity index (χ0) is 19.9. The van der Waals surface area contributed by atoms with E-state index in [9.17, 15) is 13.2 Å². The number of rotatable bonds is 0. The molecule has 27 heavy (non-hydrogen) atoms. The summed E-state index contributed by atoms with van der Waals surface area (Å²) in [6, 6.07) is 9.64. The van der Waals surface area contributed by atoms with Gasteiger partial charge in [-0.25, -0.2) is 0 Å². The number of aromatic nitrogens is 1. The van der Waals surface area contributed by atoms with Crippen LogP contribution in [0.4, 0.5) is 13.2 Å². The Morgan fingerprint density at radius 1 is 1.07 bits per heavy atom. The molecule has 1 fully saturated rings. The molecule has 2 aliphatic heterocycles. The number of hydrogen-bond acceptors (Lipinski definition) is 4. The maximum atomic E-state index is 13.4. The lowest BCUT2D eigenvalue weighted by Gasteiger charge is -2.42. The Balaban J connectivity index is 0.000000376. The first-order valence-electron chi connectivity index (χ1n) is 8.00. The largest absolute Gasteiger partial charge is 0.479 e. The topological polar surface area (TPSA) is 101 Å². The zero-order valence-corrected chi connectivity index (χ0v) is 14.7. The highest BCUT2D eigenvalue weighted by molar-refractivity contribution is 7.79. The molecule has 3 N–H and O–H groups in total. The lowest BCUT2D eigenvalue weighted by atomic mass is 9.87. The molecule has 0 amide bonds. The first-order valence-corrected chi connectivity index (χ1v) is 9.39. The number of alkyl halides is 3. The minimum atomic E-state index is -4.67. The molecule has 4 rings (SSSR count). The van der Waals surface area contributed by atoms with Crippen molar-refractivity contribution in [3.63, 3.8) is 0 Å². The second kappa shape index (κ2) is 6.82. The van der Waals surface area contributed by atoms with Gasteiger partial charge in [0.05, 0.1) is 11.4 Å². The normalized spacial score (nSPS) is 18.0. The van der Waals surface area contributed by atoms with Gasteiger partial charge >= 0.3 is 16.6 Å². The maximum absolute atomic E-state index is 13.4. The fourth-order valence-corrected chi connectivity index (χ4v) is 3.45. The third-order valence-electron chi connectivity index (χ3n) is 4.46. The van der Waals surface area contributed by atoms with Gasteiger partial charge in [-0.1, -0.05) is 12.1 Å². The van der Waals surface area contributed by atoms with E-state index in [2.05, 4.69) is 5.32 Å². The van der Waals surface area contributed by atoms with E-state index >= 15 is 0 Å². The fourth-order valence-electron chi connectivity index (χ4n) is 3.45. The fraction of sp³-hybridized carbons (Fsp3) is 0.375. The van der Waals surface area contributed by atoms with E-state index in [1.54, 1.807) is 30.3 Å². The molecule has 1 aromatic heterocycles. The van der Waals surface area contributed by atoms with Gasteiger partial charge in [-0.2, -0.15) is 21.6 Å². The number of para-hydroxylation sites is 2. The molecule has 1 saturated heterocycles. The van der Waals surface area contributed by atoms with E-state index in [4.69, 9.17) is 22.3 Å². The summed E-state index contributed by atoms with van der Waals surface area (Å²) in [6.45, 7) is 1.46. The molecule has 3 heterocycles. The van der Waals surface area contributed by atoms with Crippen molar-refractivity contribution in [1.29, 1.82) is 0 Å². The summed E-state index contributed by atoms with van der Waals surface area (Å²) in [5, 5.41) is 3.24. The number of halogens is 3. The molecule has 0 aliphatic carbocycles. The molecule has 11 heteroatoms. The first-order chi connectivity index (χ1) is 12.5. The van der Waals surface area contributed by atoms with Crippen molar-refractivity contribution in [3.05, 3.63) is 47.8 Å². The van der Waals surface area contributed by atoms with Gasteiger partial charge in [0.1, 0.15) is 11.4 Å². The summed E-state index contributed by atoms with van der Waals surface area (Å²) < 4.78 is 79.2. The molecule has 0 saturated carbocycles. The molecular weight excluding hydrogens is 389 g/mol. The molecule has 0 unspecified atom stereocenters. The number of fused-ring (bicyclic) bond motifs is 4. The Morgan fingerprint density at radius 3 is 2.26 bits per heavy atom. The highest BCUT2D eigenvalue weighted by Crippen LogP contribution is 2.47. The van der Waals surface area contributed by atoms with Gasteiger partial charge in [-0.05, 0) is 37.4 Å². The lowest BCUT2D eigenvalue weighted by Crippen LogP contribution is -2.47. The number of hydrogen-bond donors (Lipinski definition) is 3.